The summed E-state index contributed by atoms with van der Waals surface area (Å²) in [7, 11) is 0. The minimum absolute atomic E-state index is 0.216. The van der Waals surface area contributed by atoms with E-state index in [0.29, 0.717) is 6.54 Å². The summed E-state index contributed by atoms with van der Waals surface area (Å²) >= 11 is 0. The van der Waals surface area contributed by atoms with Gasteiger partial charge < -0.3 is 21.9 Å². The molecule has 0 aromatic heterocycles. The molecule has 6 N–H and O–H groups in total. The largest absolute Gasteiger partial charge is 0.480 e. The van der Waals surface area contributed by atoms with E-state index in [1.165, 1.54) is 0 Å². The molecule has 0 amide bonds. The second-order valence-corrected chi connectivity index (χ2v) is 4.70. The van der Waals surface area contributed by atoms with Gasteiger partial charge in [-0.25, -0.2) is 4.99 Å². The number of benzene rings is 1. The molecule has 120 valence electrons. The number of carbonyl (C=O) groups is 1. The number of aliphatic carboxylic acids is 1. The highest BCUT2D eigenvalue weighted by molar-refractivity contribution is 5.75. The Morgan fingerprint density at radius 1 is 1.36 bits per heavy atom. The van der Waals surface area contributed by atoms with Crippen molar-refractivity contribution in [2.75, 3.05) is 6.54 Å². The minimum atomic E-state index is -1.17. The molecule has 1 aromatic rings. The Hall–Kier alpha value is -2.68. The maximum atomic E-state index is 11.2. The minimum Gasteiger partial charge on any atom is -0.480 e. The summed E-state index contributed by atoms with van der Waals surface area (Å²) in [5, 5.41) is 23.0. The number of carboxylic acid groups (broad SMARTS) is 1. The van der Waals surface area contributed by atoms with Crippen molar-refractivity contribution < 1.29 is 14.8 Å². The van der Waals surface area contributed by atoms with E-state index in [0.717, 1.165) is 5.56 Å². The van der Waals surface area contributed by atoms with Crippen LogP contribution in [0.4, 0.5) is 0 Å². The van der Waals surface area contributed by atoms with E-state index in [1.807, 2.05) is 30.3 Å². The van der Waals surface area contributed by atoms with Crippen LogP contribution >= 0.6 is 0 Å². The first-order valence-corrected chi connectivity index (χ1v) is 6.59. The molecule has 0 heterocycles. The molecule has 2 atom stereocenters. The number of hydrogen-bond acceptors (Lipinski definition) is 5. The predicted molar refractivity (Wildman–Crippen MR) is 80.8 cm³/mol. The first-order valence-electron chi connectivity index (χ1n) is 6.59. The molecule has 9 nitrogen and oxygen atoms in total. The summed E-state index contributed by atoms with van der Waals surface area (Å²) in [4.78, 5) is 25.2. The Bertz CT molecular complexity index is 530. The Morgan fingerprint density at radius 2 is 2.00 bits per heavy atom. The molecular formula is C13H19N5O4. The number of nitrogens with zero attached hydrogens (tertiary/aromatic N) is 2. The van der Waals surface area contributed by atoms with Crippen LogP contribution in [0.5, 0.6) is 0 Å². The lowest BCUT2D eigenvalue weighted by Gasteiger charge is -2.16. The zero-order chi connectivity index (χ0) is 16.5. The quantitative estimate of drug-likeness (QED) is 0.208. The van der Waals surface area contributed by atoms with Gasteiger partial charge in [-0.15, -0.1) is 0 Å². The van der Waals surface area contributed by atoms with Crippen molar-refractivity contribution in [2.45, 2.75) is 25.0 Å². The molecule has 9 heteroatoms. The number of hydrogen-bond donors (Lipinski definition) is 4. The smallest absolute Gasteiger partial charge is 0.320 e. The fourth-order valence-corrected chi connectivity index (χ4v) is 1.82. The Balaban J connectivity index is 2.66. The third kappa shape index (κ3) is 6.18. The van der Waals surface area contributed by atoms with Crippen molar-refractivity contribution in [3.05, 3.63) is 46.0 Å². The third-order valence-electron chi connectivity index (χ3n) is 2.98. The fraction of sp³-hybridized carbons (Fsp3) is 0.385. The van der Waals surface area contributed by atoms with Crippen LogP contribution in [0.1, 0.15) is 12.0 Å². The maximum Gasteiger partial charge on any atom is 0.320 e. The van der Waals surface area contributed by atoms with Gasteiger partial charge in [0, 0.05) is 17.9 Å². The Labute approximate surface area is 127 Å². The van der Waals surface area contributed by atoms with Crippen LogP contribution in [-0.2, 0) is 11.3 Å². The van der Waals surface area contributed by atoms with Gasteiger partial charge in [0.1, 0.15) is 12.6 Å². The molecule has 0 spiro atoms. The lowest BCUT2D eigenvalue weighted by atomic mass is 10.1. The topological polar surface area (TPSA) is 157 Å². The zero-order valence-corrected chi connectivity index (χ0v) is 11.9. The average molecular weight is 309 g/mol. The summed E-state index contributed by atoms with van der Waals surface area (Å²) in [5.74, 6) is -1.43. The van der Waals surface area contributed by atoms with Crippen molar-refractivity contribution >= 4 is 11.9 Å². The van der Waals surface area contributed by atoms with Crippen LogP contribution in [0.3, 0.4) is 0 Å². The normalized spacial score (nSPS) is 13.1. The van der Waals surface area contributed by atoms with Gasteiger partial charge in [-0.1, -0.05) is 30.3 Å². The highest BCUT2D eigenvalue weighted by atomic mass is 16.6. The average Bonchev–Trinajstić information content (AvgIpc) is 2.46. The lowest BCUT2D eigenvalue weighted by Crippen LogP contribution is -2.42. The lowest BCUT2D eigenvalue weighted by molar-refractivity contribution is -0.520. The molecule has 0 bridgehead atoms. The summed E-state index contributed by atoms with van der Waals surface area (Å²) < 4.78 is 0. The highest BCUT2D eigenvalue weighted by Crippen LogP contribution is 2.06. The van der Waals surface area contributed by atoms with Gasteiger partial charge in [0.2, 0.25) is 6.04 Å². The predicted octanol–water partition coefficient (Wildman–Crippen LogP) is -0.462. The Morgan fingerprint density at radius 3 is 2.50 bits per heavy atom. The van der Waals surface area contributed by atoms with E-state index >= 15 is 0 Å². The van der Waals surface area contributed by atoms with Crippen molar-refractivity contribution in [2.24, 2.45) is 16.5 Å². The summed E-state index contributed by atoms with van der Waals surface area (Å²) in [6, 6.07) is 6.91. The fourth-order valence-electron chi connectivity index (χ4n) is 1.82. The van der Waals surface area contributed by atoms with Gasteiger partial charge in [0.25, 0.3) is 0 Å². The summed E-state index contributed by atoms with van der Waals surface area (Å²) in [6.45, 7) is 0.0384. The van der Waals surface area contributed by atoms with E-state index in [-0.39, 0.29) is 18.9 Å². The number of nitrogens with one attached hydrogen (secondary N) is 1. The van der Waals surface area contributed by atoms with Crippen LogP contribution in [0.2, 0.25) is 0 Å². The van der Waals surface area contributed by atoms with Crippen LogP contribution in [0.15, 0.2) is 35.3 Å². The van der Waals surface area contributed by atoms with Gasteiger partial charge >= 0.3 is 5.97 Å². The van der Waals surface area contributed by atoms with Gasteiger partial charge in [-0.05, 0) is 5.56 Å². The second-order valence-electron chi connectivity index (χ2n) is 4.70. The van der Waals surface area contributed by atoms with Crippen molar-refractivity contribution in [1.82, 2.24) is 5.32 Å². The van der Waals surface area contributed by atoms with Gasteiger partial charge in [0.05, 0.1) is 0 Å². The van der Waals surface area contributed by atoms with E-state index in [9.17, 15) is 20.0 Å². The molecule has 0 aliphatic carbocycles. The van der Waals surface area contributed by atoms with Crippen LogP contribution in [0, 0.1) is 10.1 Å². The molecule has 0 fully saturated rings. The number of aliphatic imine (C=N–C) groups is 1. The standard InChI is InChI=1S/C13H19N5O4/c14-13(15)17-8-10(18(21)22)6-11(12(19)20)16-7-9-4-2-1-3-5-9/h1-5,10-11,16H,6-8H2,(H,19,20)(H4,14,15,17)/t10?,11-/m0/s1. The van der Waals surface area contributed by atoms with E-state index < -0.39 is 23.0 Å². The van der Waals surface area contributed by atoms with Crippen LogP contribution < -0.4 is 16.8 Å². The molecule has 1 rings (SSSR count). The molecule has 0 radical (unpaired) electrons. The number of nitro groups is 1. The number of nitrogens with two attached hydrogens (primary N) is 2. The number of rotatable bonds is 9. The van der Waals surface area contributed by atoms with E-state index in [4.69, 9.17) is 11.5 Å². The van der Waals surface area contributed by atoms with Crippen LogP contribution in [0.25, 0.3) is 0 Å². The van der Waals surface area contributed by atoms with Gasteiger partial charge in [-0.2, -0.15) is 0 Å². The van der Waals surface area contributed by atoms with Crippen molar-refractivity contribution in [1.29, 1.82) is 0 Å². The van der Waals surface area contributed by atoms with Crippen LogP contribution in [-0.4, -0.2) is 40.6 Å². The SMILES string of the molecule is NC(N)=NCC(C[C@H](NCc1ccccc1)C(=O)O)[N+](=O)[O-]. The maximum absolute atomic E-state index is 11.2. The molecule has 0 saturated heterocycles. The first-order chi connectivity index (χ1) is 10.4. The second kappa shape index (κ2) is 8.57. The molecule has 22 heavy (non-hydrogen) atoms. The molecule has 0 saturated carbocycles. The van der Waals surface area contributed by atoms with Gasteiger partial charge in [0.15, 0.2) is 5.96 Å². The van der Waals surface area contributed by atoms with E-state index in [1.54, 1.807) is 0 Å². The third-order valence-corrected chi connectivity index (χ3v) is 2.98. The van der Waals surface area contributed by atoms with E-state index in [2.05, 4.69) is 10.3 Å². The monoisotopic (exact) mass is 309 g/mol. The first kappa shape index (κ1) is 17.4. The molecule has 0 aliphatic heterocycles. The number of carboxylic acids is 1. The summed E-state index contributed by atoms with van der Waals surface area (Å²) in [6.07, 6.45) is -0.216. The molecule has 1 aromatic carbocycles. The number of guanidine groups is 1. The van der Waals surface area contributed by atoms with Crippen molar-refractivity contribution in [3.63, 3.8) is 0 Å². The molecular weight excluding hydrogens is 290 g/mol. The summed E-state index contributed by atoms with van der Waals surface area (Å²) in [5.41, 5.74) is 11.2. The Kier molecular flexibility index (Phi) is 6.77. The molecule has 1 unspecified atom stereocenters. The highest BCUT2D eigenvalue weighted by Gasteiger charge is 2.29. The van der Waals surface area contributed by atoms with Gasteiger partial charge in [-0.3, -0.25) is 14.9 Å². The zero-order valence-electron chi connectivity index (χ0n) is 11.9. The van der Waals surface area contributed by atoms with Crippen molar-refractivity contribution in [3.8, 4) is 0 Å². The molecule has 0 aliphatic rings.